The number of nitrogens with one attached hydrogen (secondary N) is 3. The fourth-order valence-corrected chi connectivity index (χ4v) is 4.40. The van der Waals surface area contributed by atoms with Gasteiger partial charge >= 0.3 is 0 Å². The van der Waals surface area contributed by atoms with E-state index < -0.39 is 0 Å². The van der Waals surface area contributed by atoms with Crippen molar-refractivity contribution in [2.45, 2.75) is 38.0 Å². The number of ketones is 1. The van der Waals surface area contributed by atoms with Crippen LogP contribution in [-0.2, 0) is 4.74 Å². The number of amides is 1. The second kappa shape index (κ2) is 9.75. The highest BCUT2D eigenvalue weighted by atomic mass is 16.5. The van der Waals surface area contributed by atoms with Crippen molar-refractivity contribution in [1.29, 1.82) is 0 Å². The maximum Gasteiger partial charge on any atom is 0.257 e. The average molecular weight is 447 g/mol. The van der Waals surface area contributed by atoms with Crippen LogP contribution in [0.5, 0.6) is 0 Å². The van der Waals surface area contributed by atoms with E-state index in [0.29, 0.717) is 36.4 Å². The van der Waals surface area contributed by atoms with Gasteiger partial charge in [0, 0.05) is 55.2 Å². The quantitative estimate of drug-likeness (QED) is 0.559. The Morgan fingerprint density at radius 1 is 1.09 bits per heavy atom. The van der Waals surface area contributed by atoms with Gasteiger partial charge in [-0.3, -0.25) is 19.9 Å². The number of hydrogen-bond donors (Lipinski definition) is 3. The summed E-state index contributed by atoms with van der Waals surface area (Å²) < 4.78 is 5.40. The normalized spacial score (nSPS) is 20.0. The van der Waals surface area contributed by atoms with E-state index in [0.717, 1.165) is 67.9 Å². The Hall–Kier alpha value is -3.19. The summed E-state index contributed by atoms with van der Waals surface area (Å²) >= 11 is 0. The van der Waals surface area contributed by atoms with Crippen molar-refractivity contribution in [3.63, 3.8) is 0 Å². The minimum atomic E-state index is -0.153. The van der Waals surface area contributed by atoms with E-state index in [9.17, 15) is 9.59 Å². The fraction of sp³-hybridized carbons (Fsp3) is 0.423. The summed E-state index contributed by atoms with van der Waals surface area (Å²) in [5.74, 6) is 1.33. The van der Waals surface area contributed by atoms with Crippen LogP contribution in [0.2, 0.25) is 0 Å². The molecule has 0 spiro atoms. The van der Waals surface area contributed by atoms with Gasteiger partial charge in [0.1, 0.15) is 0 Å². The van der Waals surface area contributed by atoms with E-state index in [2.05, 4.69) is 20.9 Å². The lowest BCUT2D eigenvalue weighted by molar-refractivity contribution is 0.0950. The van der Waals surface area contributed by atoms with Crippen molar-refractivity contribution in [3.8, 4) is 0 Å². The number of nitrogens with zero attached hydrogens (tertiary/aromatic N) is 1. The van der Waals surface area contributed by atoms with Gasteiger partial charge in [0.25, 0.3) is 5.91 Å². The molecule has 1 saturated heterocycles. The molecule has 1 unspecified atom stereocenters. The molecule has 2 aromatic rings. The molecule has 1 atom stereocenters. The Bertz CT molecular complexity index is 1070. The first-order valence-electron chi connectivity index (χ1n) is 11.9. The van der Waals surface area contributed by atoms with Gasteiger partial charge in [-0.2, -0.15) is 0 Å². The first-order valence-corrected chi connectivity index (χ1v) is 11.9. The van der Waals surface area contributed by atoms with Crippen molar-refractivity contribution in [1.82, 2.24) is 10.6 Å². The Labute approximate surface area is 194 Å². The SMILES string of the molecule is O=C(CC1CCOC1)c1cccc(Nc2ccc(C(=O)NC3=NCCCN3)cc2C2CC2)c1. The largest absolute Gasteiger partial charge is 0.381 e. The molecule has 0 aromatic heterocycles. The zero-order chi connectivity index (χ0) is 22.6. The highest BCUT2D eigenvalue weighted by Crippen LogP contribution is 2.44. The van der Waals surface area contributed by atoms with Crippen molar-refractivity contribution < 1.29 is 14.3 Å². The summed E-state index contributed by atoms with van der Waals surface area (Å²) in [4.78, 5) is 29.8. The lowest BCUT2D eigenvalue weighted by Crippen LogP contribution is -2.43. The summed E-state index contributed by atoms with van der Waals surface area (Å²) in [5.41, 5.74) is 4.34. The van der Waals surface area contributed by atoms with Crippen molar-refractivity contribution in [3.05, 3.63) is 59.2 Å². The van der Waals surface area contributed by atoms with Gasteiger partial charge in [-0.25, -0.2) is 0 Å². The van der Waals surface area contributed by atoms with Crippen LogP contribution >= 0.6 is 0 Å². The fourth-order valence-electron chi connectivity index (χ4n) is 4.40. The molecule has 33 heavy (non-hydrogen) atoms. The molecule has 3 N–H and O–H groups in total. The number of hydrogen-bond acceptors (Lipinski definition) is 6. The van der Waals surface area contributed by atoms with Gasteiger partial charge in [-0.15, -0.1) is 0 Å². The highest BCUT2D eigenvalue weighted by Gasteiger charge is 2.27. The Kier molecular flexibility index (Phi) is 6.39. The van der Waals surface area contributed by atoms with Gasteiger partial charge in [0.15, 0.2) is 11.7 Å². The van der Waals surface area contributed by atoms with Crippen LogP contribution in [0.3, 0.4) is 0 Å². The lowest BCUT2D eigenvalue weighted by atomic mass is 9.97. The number of carbonyl (C=O) groups excluding carboxylic acids is 2. The van der Waals surface area contributed by atoms with E-state index in [-0.39, 0.29) is 11.7 Å². The summed E-state index contributed by atoms with van der Waals surface area (Å²) in [5, 5.41) is 9.48. The first kappa shape index (κ1) is 21.6. The maximum atomic E-state index is 12.7. The summed E-state index contributed by atoms with van der Waals surface area (Å²) in [6.07, 6.45) is 4.71. The van der Waals surface area contributed by atoms with Gasteiger partial charge in [0.05, 0.1) is 0 Å². The Balaban J connectivity index is 1.30. The molecular weight excluding hydrogens is 416 g/mol. The molecule has 2 aromatic carbocycles. The third-order valence-corrected chi connectivity index (χ3v) is 6.42. The number of aliphatic imine (C=N–C) groups is 1. The number of guanidine groups is 1. The van der Waals surface area contributed by atoms with E-state index in [4.69, 9.17) is 4.74 Å². The van der Waals surface area contributed by atoms with Gasteiger partial charge in [-0.1, -0.05) is 12.1 Å². The maximum absolute atomic E-state index is 12.7. The first-order chi connectivity index (χ1) is 16.2. The van der Waals surface area contributed by atoms with Gasteiger partial charge in [-0.05, 0) is 73.4 Å². The molecule has 2 heterocycles. The average Bonchev–Trinajstić information content (AvgIpc) is 3.56. The predicted molar refractivity (Wildman–Crippen MR) is 128 cm³/mol. The number of anilines is 2. The minimum Gasteiger partial charge on any atom is -0.381 e. The summed E-state index contributed by atoms with van der Waals surface area (Å²) in [6.45, 7) is 2.99. The molecular formula is C26H30N4O3. The van der Waals surface area contributed by atoms with Crippen LogP contribution in [0.4, 0.5) is 11.4 Å². The molecule has 5 rings (SSSR count). The highest BCUT2D eigenvalue weighted by molar-refractivity contribution is 6.06. The molecule has 7 nitrogen and oxygen atoms in total. The molecule has 7 heteroatoms. The molecule has 2 aliphatic heterocycles. The van der Waals surface area contributed by atoms with Gasteiger partial charge in [0.2, 0.25) is 0 Å². The van der Waals surface area contributed by atoms with Crippen molar-refractivity contribution in [2.75, 3.05) is 31.6 Å². The second-order valence-electron chi connectivity index (χ2n) is 9.10. The third kappa shape index (κ3) is 5.42. The Morgan fingerprint density at radius 3 is 2.76 bits per heavy atom. The van der Waals surface area contributed by atoms with E-state index >= 15 is 0 Å². The number of ether oxygens (including phenoxy) is 1. The second-order valence-corrected chi connectivity index (χ2v) is 9.10. The zero-order valence-corrected chi connectivity index (χ0v) is 18.7. The lowest BCUT2D eigenvalue weighted by Gasteiger charge is -2.17. The van der Waals surface area contributed by atoms with Crippen molar-refractivity contribution in [2.24, 2.45) is 10.9 Å². The van der Waals surface area contributed by atoms with Crippen LogP contribution in [0.25, 0.3) is 0 Å². The molecule has 3 aliphatic rings. The van der Waals surface area contributed by atoms with Crippen LogP contribution < -0.4 is 16.0 Å². The van der Waals surface area contributed by atoms with Crippen LogP contribution in [0.1, 0.15) is 64.3 Å². The van der Waals surface area contributed by atoms with E-state index in [1.807, 2.05) is 42.5 Å². The minimum absolute atomic E-state index is 0.153. The third-order valence-electron chi connectivity index (χ3n) is 6.42. The molecule has 1 amide bonds. The monoisotopic (exact) mass is 446 g/mol. The molecule has 0 radical (unpaired) electrons. The van der Waals surface area contributed by atoms with E-state index in [1.165, 1.54) is 0 Å². The number of Topliss-reactive ketones (excluding diaryl/α,β-unsaturated/α-hetero) is 1. The molecule has 0 bridgehead atoms. The van der Waals surface area contributed by atoms with Crippen LogP contribution in [0, 0.1) is 5.92 Å². The topological polar surface area (TPSA) is 91.8 Å². The molecule has 172 valence electrons. The number of benzene rings is 2. The number of carbonyl (C=O) groups is 2. The van der Waals surface area contributed by atoms with Gasteiger partial charge < -0.3 is 15.4 Å². The number of rotatable bonds is 7. The molecule has 1 saturated carbocycles. The summed E-state index contributed by atoms with van der Waals surface area (Å²) in [6, 6.07) is 13.5. The smallest absolute Gasteiger partial charge is 0.257 e. The van der Waals surface area contributed by atoms with E-state index in [1.54, 1.807) is 0 Å². The molecule has 2 fully saturated rings. The Morgan fingerprint density at radius 2 is 2.00 bits per heavy atom. The van der Waals surface area contributed by atoms with Crippen LogP contribution in [0.15, 0.2) is 47.5 Å². The summed E-state index contributed by atoms with van der Waals surface area (Å²) in [7, 11) is 0. The molecule has 1 aliphatic carbocycles. The standard InChI is InChI=1S/C26H30N4O3/c31-24(13-17-9-12-33-16-17)19-3-1-4-21(14-19)29-23-8-7-20(15-22(23)18-5-6-18)25(32)30-26-27-10-2-11-28-26/h1,3-4,7-8,14-15,17-18,29H,2,5-6,9-13,16H2,(H2,27,28,30,32). The predicted octanol–water partition coefficient (Wildman–Crippen LogP) is 4.00. The zero-order valence-electron chi connectivity index (χ0n) is 18.7. The van der Waals surface area contributed by atoms with Crippen LogP contribution in [-0.4, -0.2) is 44.0 Å². The van der Waals surface area contributed by atoms with Crippen molar-refractivity contribution >= 4 is 29.0 Å².